The van der Waals surface area contributed by atoms with Crippen LogP contribution < -0.4 is 22.9 Å². The minimum absolute atomic E-state index is 0.333. The average molecular weight is 585 g/mol. The Kier molecular flexibility index (Phi) is 26.3. The molecule has 0 aromatic carbocycles. The molecule has 0 radical (unpaired) electrons. The number of hydrogen-bond acceptors (Lipinski definition) is 5. The summed E-state index contributed by atoms with van der Waals surface area (Å²) in [6.07, 6.45) is 18.6. The summed E-state index contributed by atoms with van der Waals surface area (Å²) < 4.78 is 5.27. The lowest BCUT2D eigenvalue weighted by atomic mass is 9.71. The first-order chi connectivity index (χ1) is 19.4. The molecule has 0 aliphatic heterocycles. The van der Waals surface area contributed by atoms with E-state index in [0.29, 0.717) is 11.5 Å². The van der Waals surface area contributed by atoms with Gasteiger partial charge >= 0.3 is 0 Å². The Labute approximate surface area is 259 Å². The minimum Gasteiger partial charge on any atom is -0.384 e. The van der Waals surface area contributed by atoms with Crippen LogP contribution >= 0.6 is 0 Å². The van der Waals surface area contributed by atoms with Crippen LogP contribution in [0.25, 0.3) is 0 Å². The molecule has 41 heavy (non-hydrogen) atoms. The van der Waals surface area contributed by atoms with Crippen molar-refractivity contribution >= 4 is 0 Å². The molecule has 8 unspecified atom stereocenters. The van der Waals surface area contributed by atoms with Crippen molar-refractivity contribution in [2.75, 3.05) is 34.4 Å². The molecule has 8 N–H and O–H groups in total. The molecule has 3 aliphatic carbocycles. The highest BCUT2D eigenvalue weighted by molar-refractivity contribution is 4.85. The van der Waals surface area contributed by atoms with E-state index >= 15 is 0 Å². The first kappa shape index (κ1) is 42.9. The van der Waals surface area contributed by atoms with E-state index in [-0.39, 0.29) is 0 Å². The third-order valence-corrected chi connectivity index (χ3v) is 10.4. The van der Waals surface area contributed by atoms with Gasteiger partial charge < -0.3 is 27.7 Å². The third-order valence-electron chi connectivity index (χ3n) is 10.4. The van der Waals surface area contributed by atoms with Gasteiger partial charge in [0.1, 0.15) is 0 Å². The van der Waals surface area contributed by atoms with Gasteiger partial charge in [-0.2, -0.15) is 0 Å². The van der Waals surface area contributed by atoms with Crippen LogP contribution in [0.3, 0.4) is 0 Å². The Morgan fingerprint density at radius 2 is 1.27 bits per heavy atom. The van der Waals surface area contributed by atoms with Gasteiger partial charge in [-0.05, 0) is 131 Å². The molecule has 3 fully saturated rings. The van der Waals surface area contributed by atoms with E-state index < -0.39 is 0 Å². The van der Waals surface area contributed by atoms with E-state index in [1.807, 2.05) is 21.0 Å². The lowest BCUT2D eigenvalue weighted by Gasteiger charge is -2.35. The summed E-state index contributed by atoms with van der Waals surface area (Å²) in [5.41, 5.74) is 20.6. The second-order valence-electron chi connectivity index (χ2n) is 14.7. The SMILES string of the molecule is CC(C)N.CCC(C)(C)C1CCCC(C2CCCC(CN)C2)CC1.CN.CN.COCC1CC(C)CC(C)C(C)C1. The van der Waals surface area contributed by atoms with Gasteiger partial charge in [0.05, 0.1) is 0 Å². The predicted molar refractivity (Wildman–Crippen MR) is 185 cm³/mol. The zero-order valence-electron chi connectivity index (χ0n) is 30.0. The Hall–Kier alpha value is -0.200. The van der Waals surface area contributed by atoms with Crippen molar-refractivity contribution in [3.05, 3.63) is 0 Å². The van der Waals surface area contributed by atoms with Gasteiger partial charge in [0.25, 0.3) is 0 Å². The Morgan fingerprint density at radius 3 is 1.80 bits per heavy atom. The maximum Gasteiger partial charge on any atom is 0.0490 e. The molecule has 8 atom stereocenters. The van der Waals surface area contributed by atoms with E-state index in [2.05, 4.69) is 53.0 Å². The summed E-state index contributed by atoms with van der Waals surface area (Å²) in [6, 6.07) is 0.333. The Bertz CT molecular complexity index is 567. The lowest BCUT2D eigenvalue weighted by Crippen LogP contribution is -2.27. The Balaban J connectivity index is 0. The quantitative estimate of drug-likeness (QED) is 0.235. The molecular formula is C36H80N4O. The monoisotopic (exact) mass is 585 g/mol. The molecule has 5 nitrogen and oxygen atoms in total. The fourth-order valence-corrected chi connectivity index (χ4v) is 7.61. The summed E-state index contributed by atoms with van der Waals surface area (Å²) in [5, 5.41) is 0. The predicted octanol–water partition coefficient (Wildman–Crippen LogP) is 8.23. The van der Waals surface area contributed by atoms with Crippen LogP contribution in [0.2, 0.25) is 0 Å². The van der Waals surface area contributed by atoms with Gasteiger partial charge in [-0.15, -0.1) is 0 Å². The van der Waals surface area contributed by atoms with Crippen molar-refractivity contribution in [2.24, 2.45) is 75.7 Å². The summed E-state index contributed by atoms with van der Waals surface area (Å²) in [6.45, 7) is 20.3. The van der Waals surface area contributed by atoms with Crippen LogP contribution in [0.4, 0.5) is 0 Å². The molecular weight excluding hydrogens is 504 g/mol. The number of rotatable bonds is 6. The zero-order valence-corrected chi connectivity index (χ0v) is 30.0. The van der Waals surface area contributed by atoms with Crippen molar-refractivity contribution < 1.29 is 4.74 Å². The number of ether oxygens (including phenoxy) is 1. The van der Waals surface area contributed by atoms with Gasteiger partial charge in [-0.3, -0.25) is 0 Å². The van der Waals surface area contributed by atoms with Crippen LogP contribution in [0.1, 0.15) is 139 Å². The third kappa shape index (κ3) is 18.9. The smallest absolute Gasteiger partial charge is 0.0490 e. The van der Waals surface area contributed by atoms with Crippen molar-refractivity contribution in [3.8, 4) is 0 Å². The van der Waals surface area contributed by atoms with Crippen molar-refractivity contribution in [1.82, 2.24) is 0 Å². The van der Waals surface area contributed by atoms with Gasteiger partial charge in [-0.1, -0.05) is 87.5 Å². The van der Waals surface area contributed by atoms with Crippen LogP contribution in [0.15, 0.2) is 0 Å². The zero-order chi connectivity index (χ0) is 32.0. The fourth-order valence-electron chi connectivity index (χ4n) is 7.61. The first-order valence-electron chi connectivity index (χ1n) is 17.5. The fraction of sp³-hybridized carbons (Fsp3) is 1.00. The normalized spacial score (nSPS) is 32.2. The van der Waals surface area contributed by atoms with Crippen molar-refractivity contribution in [1.29, 1.82) is 0 Å². The van der Waals surface area contributed by atoms with Crippen molar-refractivity contribution in [2.45, 2.75) is 145 Å². The maximum atomic E-state index is 5.92. The summed E-state index contributed by atoms with van der Waals surface area (Å²) in [4.78, 5) is 0. The van der Waals surface area contributed by atoms with E-state index in [0.717, 1.165) is 60.5 Å². The molecule has 0 aromatic rings. The van der Waals surface area contributed by atoms with Gasteiger partial charge in [0.15, 0.2) is 0 Å². The standard InChI is InChI=1S/C19H37N.C12H24O.C3H9N.2CH5N/c1-4-19(2,3)18-10-6-8-16(11-12-18)17-9-5-7-15(13-17)14-20;1-9-5-10(2)11(3)7-12(6-9)8-13-4;1-3(2)4;2*1-2/h15-18H,4-14,20H2,1-3H3;9-12H,5-8H2,1-4H3;3H,4H2,1-2H3;2*2H2,1H3. The molecule has 0 bridgehead atoms. The minimum atomic E-state index is 0.333. The first-order valence-corrected chi connectivity index (χ1v) is 17.5. The number of nitrogens with two attached hydrogens (primary N) is 4. The number of methoxy groups -OCH3 is 1. The van der Waals surface area contributed by atoms with E-state index in [1.165, 1.54) is 97.6 Å². The Morgan fingerprint density at radius 1 is 0.732 bits per heavy atom. The van der Waals surface area contributed by atoms with Gasteiger partial charge in [0, 0.05) is 13.7 Å². The maximum absolute atomic E-state index is 5.92. The number of hydrogen-bond donors (Lipinski definition) is 4. The highest BCUT2D eigenvalue weighted by Gasteiger charge is 2.34. The van der Waals surface area contributed by atoms with Crippen molar-refractivity contribution in [3.63, 3.8) is 0 Å². The second-order valence-corrected chi connectivity index (χ2v) is 14.7. The topological polar surface area (TPSA) is 113 Å². The van der Waals surface area contributed by atoms with E-state index in [1.54, 1.807) is 0 Å². The molecule has 0 heterocycles. The van der Waals surface area contributed by atoms with Crippen LogP contribution in [-0.2, 0) is 4.74 Å². The average Bonchev–Trinajstić information content (AvgIpc) is 3.28. The lowest BCUT2D eigenvalue weighted by molar-refractivity contribution is 0.132. The van der Waals surface area contributed by atoms with Gasteiger partial charge in [-0.25, -0.2) is 0 Å². The van der Waals surface area contributed by atoms with E-state index in [4.69, 9.17) is 16.2 Å². The molecule has 3 aliphatic rings. The molecule has 0 amide bonds. The molecule has 0 aromatic heterocycles. The molecule has 250 valence electrons. The summed E-state index contributed by atoms with van der Waals surface area (Å²) >= 11 is 0. The van der Waals surface area contributed by atoms with Crippen LogP contribution in [-0.4, -0.2) is 40.4 Å². The highest BCUT2D eigenvalue weighted by atomic mass is 16.5. The molecule has 0 saturated heterocycles. The second kappa shape index (κ2) is 25.2. The summed E-state index contributed by atoms with van der Waals surface area (Å²) in [5.74, 6) is 7.29. The molecule has 3 rings (SSSR count). The molecule has 0 spiro atoms. The largest absolute Gasteiger partial charge is 0.384 e. The highest BCUT2D eigenvalue weighted by Crippen LogP contribution is 2.45. The van der Waals surface area contributed by atoms with Crippen LogP contribution in [0.5, 0.6) is 0 Å². The van der Waals surface area contributed by atoms with E-state index in [9.17, 15) is 0 Å². The molecule has 5 heteroatoms. The summed E-state index contributed by atoms with van der Waals surface area (Å²) in [7, 11) is 4.82. The molecule has 3 saturated carbocycles. The van der Waals surface area contributed by atoms with Gasteiger partial charge in [0.2, 0.25) is 0 Å². The van der Waals surface area contributed by atoms with Crippen LogP contribution in [0, 0.1) is 52.8 Å².